The number of rotatable bonds is 9. The van der Waals surface area contributed by atoms with Crippen molar-refractivity contribution in [1.29, 1.82) is 0 Å². The minimum Gasteiger partial charge on any atom is -0.482 e. The first-order valence-corrected chi connectivity index (χ1v) is 13.4. The molecular weight excluding hydrogens is 482 g/mol. The Morgan fingerprint density at radius 1 is 1.23 bits per heavy atom. The molecule has 0 aliphatic carbocycles. The number of fused-ring (bicyclic) bond motifs is 1. The van der Waals surface area contributed by atoms with E-state index in [1.54, 1.807) is 18.3 Å². The summed E-state index contributed by atoms with van der Waals surface area (Å²) in [6.07, 6.45) is 1.12. The minimum absolute atomic E-state index is 0.0707. The standard InChI is InChI=1S/C27H34ClN3O3S/c1-5-33-26(32)17-34-23-12-19(4)11-20(13-23)15-30-8-9-31(16-22(30)10-18(2)3)27-29-24-7-6-21(28)14-25(24)35-27/h6-7,11-14,18,22H,5,8-10,15-17H2,1-4H3/t22-/m1/s1. The number of hydrogen-bond acceptors (Lipinski definition) is 7. The number of carbonyl (C=O) groups excluding carboxylic acids is 1. The number of thiazole rings is 1. The molecule has 0 unspecified atom stereocenters. The van der Waals surface area contributed by atoms with Crippen LogP contribution in [0.1, 0.15) is 38.3 Å². The third-order valence-electron chi connectivity index (χ3n) is 6.12. The number of halogens is 1. The number of carbonyl (C=O) groups is 1. The molecule has 35 heavy (non-hydrogen) atoms. The SMILES string of the molecule is CCOC(=O)COc1cc(C)cc(CN2CCN(c3nc4ccc(Cl)cc4s3)C[C@H]2CC(C)C)c1. The van der Waals surface area contributed by atoms with Crippen molar-refractivity contribution >= 4 is 44.3 Å². The molecular formula is C27H34ClN3O3S. The van der Waals surface area contributed by atoms with Crippen molar-refractivity contribution in [2.24, 2.45) is 5.92 Å². The van der Waals surface area contributed by atoms with E-state index in [-0.39, 0.29) is 12.6 Å². The number of nitrogens with zero attached hydrogens (tertiary/aromatic N) is 3. The smallest absolute Gasteiger partial charge is 0.344 e. The van der Waals surface area contributed by atoms with Gasteiger partial charge in [-0.3, -0.25) is 4.90 Å². The third kappa shape index (κ3) is 6.87. The summed E-state index contributed by atoms with van der Waals surface area (Å²) in [5, 5.41) is 1.82. The summed E-state index contributed by atoms with van der Waals surface area (Å²) in [7, 11) is 0. The molecule has 0 amide bonds. The Labute approximate surface area is 216 Å². The molecule has 1 aliphatic heterocycles. The first kappa shape index (κ1) is 25.7. The Kier molecular flexibility index (Phi) is 8.52. The summed E-state index contributed by atoms with van der Waals surface area (Å²) in [4.78, 5) is 21.6. The molecule has 4 rings (SSSR count). The molecule has 0 saturated carbocycles. The van der Waals surface area contributed by atoms with Gasteiger partial charge in [0, 0.05) is 37.2 Å². The molecule has 8 heteroatoms. The predicted molar refractivity (Wildman–Crippen MR) is 144 cm³/mol. The van der Waals surface area contributed by atoms with Crippen molar-refractivity contribution in [3.8, 4) is 5.75 Å². The number of ether oxygens (including phenoxy) is 2. The van der Waals surface area contributed by atoms with Crippen LogP contribution in [0.5, 0.6) is 5.75 Å². The van der Waals surface area contributed by atoms with E-state index in [2.05, 4.69) is 36.6 Å². The molecule has 1 saturated heterocycles. The van der Waals surface area contributed by atoms with Gasteiger partial charge in [0.25, 0.3) is 0 Å². The van der Waals surface area contributed by atoms with E-state index >= 15 is 0 Å². The van der Waals surface area contributed by atoms with Crippen LogP contribution in [0.4, 0.5) is 5.13 Å². The lowest BCUT2D eigenvalue weighted by Crippen LogP contribution is -2.53. The molecule has 2 heterocycles. The van der Waals surface area contributed by atoms with Gasteiger partial charge in [0.05, 0.1) is 16.8 Å². The van der Waals surface area contributed by atoms with E-state index in [1.165, 1.54) is 5.56 Å². The normalized spacial score (nSPS) is 16.7. The highest BCUT2D eigenvalue weighted by Gasteiger charge is 2.29. The van der Waals surface area contributed by atoms with E-state index in [0.29, 0.717) is 24.3 Å². The summed E-state index contributed by atoms with van der Waals surface area (Å²) >= 11 is 7.91. The van der Waals surface area contributed by atoms with Crippen molar-refractivity contribution < 1.29 is 14.3 Å². The van der Waals surface area contributed by atoms with Crippen molar-refractivity contribution in [3.05, 3.63) is 52.5 Å². The van der Waals surface area contributed by atoms with Gasteiger partial charge in [-0.1, -0.05) is 42.9 Å². The molecule has 2 aromatic carbocycles. The van der Waals surface area contributed by atoms with Crippen LogP contribution in [0.2, 0.25) is 5.02 Å². The van der Waals surface area contributed by atoms with Crippen LogP contribution in [0.3, 0.4) is 0 Å². The Morgan fingerprint density at radius 3 is 2.83 bits per heavy atom. The highest BCUT2D eigenvalue weighted by molar-refractivity contribution is 7.22. The number of hydrogen-bond donors (Lipinski definition) is 0. The average molecular weight is 516 g/mol. The van der Waals surface area contributed by atoms with Gasteiger partial charge in [-0.2, -0.15) is 0 Å². The fourth-order valence-electron chi connectivity index (χ4n) is 4.64. The highest BCUT2D eigenvalue weighted by Crippen LogP contribution is 2.33. The predicted octanol–water partition coefficient (Wildman–Crippen LogP) is 5.94. The number of aryl methyl sites for hydroxylation is 1. The lowest BCUT2D eigenvalue weighted by molar-refractivity contribution is -0.145. The number of aromatic nitrogens is 1. The largest absolute Gasteiger partial charge is 0.482 e. The van der Waals surface area contributed by atoms with Crippen LogP contribution >= 0.6 is 22.9 Å². The van der Waals surface area contributed by atoms with Gasteiger partial charge in [-0.25, -0.2) is 9.78 Å². The minimum atomic E-state index is -0.346. The van der Waals surface area contributed by atoms with Crippen LogP contribution in [0.25, 0.3) is 10.2 Å². The van der Waals surface area contributed by atoms with Gasteiger partial charge >= 0.3 is 5.97 Å². The second-order valence-corrected chi connectivity index (χ2v) is 11.0. The molecule has 0 spiro atoms. The van der Waals surface area contributed by atoms with Crippen molar-refractivity contribution in [1.82, 2.24) is 9.88 Å². The average Bonchev–Trinajstić information content (AvgIpc) is 3.21. The summed E-state index contributed by atoms with van der Waals surface area (Å²) in [5.41, 5.74) is 3.32. The molecule has 0 radical (unpaired) electrons. The van der Waals surface area contributed by atoms with Crippen LogP contribution < -0.4 is 9.64 Å². The van der Waals surface area contributed by atoms with Gasteiger partial charge in [-0.05, 0) is 67.6 Å². The van der Waals surface area contributed by atoms with E-state index in [1.807, 2.05) is 30.3 Å². The Bertz CT molecular complexity index is 1170. The Balaban J connectivity index is 1.47. The van der Waals surface area contributed by atoms with Crippen molar-refractivity contribution in [2.45, 2.75) is 46.7 Å². The van der Waals surface area contributed by atoms with Crippen molar-refractivity contribution in [3.63, 3.8) is 0 Å². The number of anilines is 1. The second-order valence-electron chi connectivity index (χ2n) is 9.56. The van der Waals surface area contributed by atoms with Gasteiger partial charge in [0.15, 0.2) is 11.7 Å². The molecule has 6 nitrogen and oxygen atoms in total. The topological polar surface area (TPSA) is 54.9 Å². The fourth-order valence-corrected chi connectivity index (χ4v) is 5.92. The molecule has 0 bridgehead atoms. The summed E-state index contributed by atoms with van der Waals surface area (Å²) in [6.45, 7) is 12.4. The summed E-state index contributed by atoms with van der Waals surface area (Å²) < 4.78 is 11.8. The number of piperazine rings is 1. The molecule has 1 atom stereocenters. The third-order valence-corrected chi connectivity index (χ3v) is 7.43. The zero-order chi connectivity index (χ0) is 24.9. The highest BCUT2D eigenvalue weighted by atomic mass is 35.5. The number of benzene rings is 2. The molecule has 0 N–H and O–H groups in total. The quantitative estimate of drug-likeness (QED) is 0.329. The van der Waals surface area contributed by atoms with Crippen LogP contribution in [-0.2, 0) is 16.1 Å². The van der Waals surface area contributed by atoms with Gasteiger partial charge in [0.1, 0.15) is 5.75 Å². The Morgan fingerprint density at radius 2 is 2.06 bits per heavy atom. The molecule has 1 aromatic heterocycles. The summed E-state index contributed by atoms with van der Waals surface area (Å²) in [6, 6.07) is 12.5. The van der Waals surface area contributed by atoms with Crippen molar-refractivity contribution in [2.75, 3.05) is 37.7 Å². The van der Waals surface area contributed by atoms with Gasteiger partial charge in [0.2, 0.25) is 0 Å². The lowest BCUT2D eigenvalue weighted by Gasteiger charge is -2.42. The van der Waals surface area contributed by atoms with Crippen LogP contribution in [0.15, 0.2) is 36.4 Å². The van der Waals surface area contributed by atoms with Gasteiger partial charge < -0.3 is 14.4 Å². The first-order valence-electron chi connectivity index (χ1n) is 12.2. The number of esters is 1. The van der Waals surface area contributed by atoms with E-state index in [4.69, 9.17) is 26.1 Å². The second kappa shape index (κ2) is 11.6. The van der Waals surface area contributed by atoms with E-state index < -0.39 is 0 Å². The van der Waals surface area contributed by atoms with Gasteiger partial charge in [-0.15, -0.1) is 0 Å². The zero-order valence-corrected chi connectivity index (χ0v) is 22.5. The Hall–Kier alpha value is -2.35. The van der Waals surface area contributed by atoms with Crippen LogP contribution in [0, 0.1) is 12.8 Å². The molecule has 188 valence electrons. The lowest BCUT2D eigenvalue weighted by atomic mass is 9.99. The summed E-state index contributed by atoms with van der Waals surface area (Å²) in [5.74, 6) is 0.957. The van der Waals surface area contributed by atoms with Crippen LogP contribution in [-0.4, -0.2) is 54.7 Å². The van der Waals surface area contributed by atoms with E-state index in [9.17, 15) is 4.79 Å². The fraction of sp³-hybridized carbons (Fsp3) is 0.481. The molecule has 1 aliphatic rings. The van der Waals surface area contributed by atoms with E-state index in [0.717, 1.165) is 58.5 Å². The first-order chi connectivity index (χ1) is 16.8. The maximum absolute atomic E-state index is 11.7. The monoisotopic (exact) mass is 515 g/mol. The molecule has 3 aromatic rings. The maximum Gasteiger partial charge on any atom is 0.344 e. The molecule has 1 fully saturated rings. The maximum atomic E-state index is 11.7. The zero-order valence-electron chi connectivity index (χ0n) is 20.9.